The molecule has 26 heavy (non-hydrogen) atoms. The van der Waals surface area contributed by atoms with E-state index in [9.17, 15) is 8.42 Å². The molecule has 0 saturated carbocycles. The monoisotopic (exact) mass is 396 g/mol. The van der Waals surface area contributed by atoms with E-state index < -0.39 is 10.0 Å². The lowest BCUT2D eigenvalue weighted by Gasteiger charge is -2.13. The van der Waals surface area contributed by atoms with E-state index in [2.05, 4.69) is 25.0 Å². The summed E-state index contributed by atoms with van der Waals surface area (Å²) < 4.78 is 27.3. The van der Waals surface area contributed by atoms with Crippen LogP contribution >= 0.6 is 11.8 Å². The van der Waals surface area contributed by atoms with Gasteiger partial charge in [-0.3, -0.25) is 4.99 Å². The second-order valence-corrected chi connectivity index (χ2v) is 8.18. The van der Waals surface area contributed by atoms with E-state index in [-0.39, 0.29) is 10.9 Å². The summed E-state index contributed by atoms with van der Waals surface area (Å²) in [5.74, 6) is 1.78. The molecule has 142 valence electrons. The number of aliphatic imine (C=N–C) groups is 1. The zero-order valence-corrected chi connectivity index (χ0v) is 16.2. The zero-order valence-electron chi connectivity index (χ0n) is 14.6. The summed E-state index contributed by atoms with van der Waals surface area (Å²) in [6, 6.07) is 8.17. The van der Waals surface area contributed by atoms with Crippen LogP contribution in [0.2, 0.25) is 0 Å². The van der Waals surface area contributed by atoms with Crippen molar-refractivity contribution in [2.45, 2.75) is 17.6 Å². The van der Waals surface area contributed by atoms with Crippen LogP contribution in [0.25, 0.3) is 0 Å². The molecule has 1 aromatic heterocycles. The van der Waals surface area contributed by atoms with E-state index >= 15 is 0 Å². The molecule has 1 aromatic carbocycles. The highest BCUT2D eigenvalue weighted by Gasteiger charge is 2.15. The van der Waals surface area contributed by atoms with Gasteiger partial charge in [0.05, 0.1) is 23.5 Å². The van der Waals surface area contributed by atoms with Gasteiger partial charge in [-0.1, -0.05) is 18.2 Å². The van der Waals surface area contributed by atoms with Crippen LogP contribution in [0.4, 0.5) is 0 Å². The first kappa shape index (κ1) is 20.3. The Morgan fingerprint density at radius 2 is 2.12 bits per heavy atom. The normalized spacial score (nSPS) is 12.2. The van der Waals surface area contributed by atoms with Gasteiger partial charge in [0.2, 0.25) is 5.96 Å². The van der Waals surface area contributed by atoms with Crippen LogP contribution in [0.5, 0.6) is 0 Å². The zero-order chi connectivity index (χ0) is 18.8. The predicted octanol–water partition coefficient (Wildman–Crippen LogP) is 0.834. The molecule has 0 amide bonds. The highest BCUT2D eigenvalue weighted by Crippen LogP contribution is 2.11. The predicted molar refractivity (Wildman–Crippen MR) is 106 cm³/mol. The summed E-state index contributed by atoms with van der Waals surface area (Å²) in [6.45, 7) is 3.22. The van der Waals surface area contributed by atoms with Crippen molar-refractivity contribution in [3.05, 3.63) is 48.0 Å². The number of aromatic nitrogens is 2. The Hall–Kier alpha value is -2.04. The maximum atomic E-state index is 12.4. The van der Waals surface area contributed by atoms with Gasteiger partial charge in [0.15, 0.2) is 0 Å². The number of nitrogens with two attached hydrogens (primary N) is 1. The molecule has 0 aliphatic carbocycles. The number of H-pyrrole nitrogens is 1. The Morgan fingerprint density at radius 3 is 2.77 bits per heavy atom. The van der Waals surface area contributed by atoms with Gasteiger partial charge in [0.1, 0.15) is 0 Å². The van der Waals surface area contributed by atoms with E-state index in [1.165, 1.54) is 12.1 Å². The number of hydrogen-bond acceptors (Lipinski definition) is 6. The maximum absolute atomic E-state index is 12.4. The third-order valence-corrected chi connectivity index (χ3v) is 5.72. The van der Waals surface area contributed by atoms with E-state index in [0.29, 0.717) is 19.6 Å². The lowest BCUT2D eigenvalue weighted by Crippen LogP contribution is -2.42. The van der Waals surface area contributed by atoms with Crippen LogP contribution in [0.3, 0.4) is 0 Å². The third-order valence-electron chi connectivity index (χ3n) is 3.40. The van der Waals surface area contributed by atoms with Crippen molar-refractivity contribution in [1.29, 1.82) is 0 Å². The number of rotatable bonds is 9. The SMILES string of the molecule is Cc1[nH]cnc1CSCCNC(=NCCN)NS(=O)(=O)c1ccccc1. The van der Waals surface area contributed by atoms with E-state index in [0.717, 1.165) is 22.9 Å². The molecular formula is C16H24N6O2S2. The fourth-order valence-electron chi connectivity index (χ4n) is 2.03. The Kier molecular flexibility index (Phi) is 7.95. The molecule has 0 bridgehead atoms. The summed E-state index contributed by atoms with van der Waals surface area (Å²) in [6.07, 6.45) is 1.68. The van der Waals surface area contributed by atoms with E-state index in [4.69, 9.17) is 5.73 Å². The number of sulfonamides is 1. The summed E-state index contributed by atoms with van der Waals surface area (Å²) >= 11 is 1.70. The van der Waals surface area contributed by atoms with Crippen molar-refractivity contribution in [1.82, 2.24) is 20.0 Å². The standard InChI is InChI=1S/C16H24N6O2S2/c1-13-15(21-12-20-13)11-25-10-9-19-16(18-8-7-17)22-26(23,24)14-5-3-2-4-6-14/h2-6,12H,7-11,17H2,1H3,(H,20,21)(H2,18,19,22). The highest BCUT2D eigenvalue weighted by atomic mass is 32.2. The smallest absolute Gasteiger partial charge is 0.264 e. The van der Waals surface area contributed by atoms with Crippen molar-refractivity contribution >= 4 is 27.7 Å². The van der Waals surface area contributed by atoms with Crippen LogP contribution in [0, 0.1) is 6.92 Å². The second kappa shape index (κ2) is 10.2. The number of aromatic amines is 1. The minimum absolute atomic E-state index is 0.186. The van der Waals surface area contributed by atoms with Gasteiger partial charge >= 0.3 is 0 Å². The van der Waals surface area contributed by atoms with Crippen LogP contribution in [0.15, 0.2) is 46.5 Å². The van der Waals surface area contributed by atoms with Crippen molar-refractivity contribution in [2.75, 3.05) is 25.4 Å². The molecule has 5 N–H and O–H groups in total. The number of aryl methyl sites for hydroxylation is 1. The lowest BCUT2D eigenvalue weighted by molar-refractivity contribution is 0.591. The summed E-state index contributed by atoms with van der Waals surface area (Å²) in [4.78, 5) is 11.7. The molecule has 2 aromatic rings. The van der Waals surface area contributed by atoms with Gasteiger partial charge in [0.25, 0.3) is 10.0 Å². The number of nitrogens with zero attached hydrogens (tertiary/aromatic N) is 2. The van der Waals surface area contributed by atoms with Crippen molar-refractivity contribution < 1.29 is 8.42 Å². The largest absolute Gasteiger partial charge is 0.355 e. The highest BCUT2D eigenvalue weighted by molar-refractivity contribution is 7.98. The first-order chi connectivity index (χ1) is 12.5. The van der Waals surface area contributed by atoms with Crippen molar-refractivity contribution in [3.63, 3.8) is 0 Å². The number of thioether (sulfide) groups is 1. The molecule has 0 unspecified atom stereocenters. The molecule has 0 aliphatic heterocycles. The molecule has 0 radical (unpaired) electrons. The van der Waals surface area contributed by atoms with Crippen LogP contribution in [-0.4, -0.2) is 49.7 Å². The van der Waals surface area contributed by atoms with Gasteiger partial charge in [-0.25, -0.2) is 18.1 Å². The first-order valence-corrected chi connectivity index (χ1v) is 10.8. The maximum Gasteiger partial charge on any atom is 0.264 e. The van der Waals surface area contributed by atoms with Crippen LogP contribution < -0.4 is 15.8 Å². The topological polar surface area (TPSA) is 125 Å². The van der Waals surface area contributed by atoms with Gasteiger partial charge in [-0.15, -0.1) is 0 Å². The number of nitrogens with one attached hydrogen (secondary N) is 3. The molecule has 0 atom stereocenters. The molecular weight excluding hydrogens is 372 g/mol. The number of imidazole rings is 1. The minimum Gasteiger partial charge on any atom is -0.355 e. The summed E-state index contributed by atoms with van der Waals surface area (Å²) in [5.41, 5.74) is 7.56. The third kappa shape index (κ3) is 6.36. The lowest BCUT2D eigenvalue weighted by atomic mass is 10.4. The fraction of sp³-hybridized carbons (Fsp3) is 0.375. The van der Waals surface area contributed by atoms with Gasteiger partial charge in [-0.2, -0.15) is 11.8 Å². The minimum atomic E-state index is -3.68. The van der Waals surface area contributed by atoms with Gasteiger partial charge < -0.3 is 16.0 Å². The van der Waals surface area contributed by atoms with Crippen molar-refractivity contribution in [2.24, 2.45) is 10.7 Å². The Labute approximate surface area is 158 Å². The molecule has 8 nitrogen and oxygen atoms in total. The van der Waals surface area contributed by atoms with Crippen LogP contribution in [0.1, 0.15) is 11.4 Å². The quantitative estimate of drug-likeness (QED) is 0.283. The van der Waals surface area contributed by atoms with E-state index in [1.54, 1.807) is 36.3 Å². The summed E-state index contributed by atoms with van der Waals surface area (Å²) in [7, 11) is -3.68. The number of hydrogen-bond donors (Lipinski definition) is 4. The number of benzene rings is 1. The van der Waals surface area contributed by atoms with E-state index in [1.807, 2.05) is 6.92 Å². The van der Waals surface area contributed by atoms with Gasteiger partial charge in [-0.05, 0) is 19.1 Å². The molecule has 1 heterocycles. The Morgan fingerprint density at radius 1 is 1.35 bits per heavy atom. The fourth-order valence-corrected chi connectivity index (χ4v) is 3.93. The molecule has 0 fully saturated rings. The second-order valence-electron chi connectivity index (χ2n) is 5.39. The molecule has 2 rings (SSSR count). The van der Waals surface area contributed by atoms with Gasteiger partial charge in [0, 0.05) is 30.3 Å². The molecule has 0 saturated heterocycles. The molecule has 0 aliphatic rings. The van der Waals surface area contributed by atoms with Crippen LogP contribution in [-0.2, 0) is 15.8 Å². The average molecular weight is 397 g/mol. The molecule has 0 spiro atoms. The molecule has 10 heteroatoms. The number of guanidine groups is 1. The summed E-state index contributed by atoms with van der Waals surface area (Å²) in [5, 5.41) is 3.03. The first-order valence-electron chi connectivity index (χ1n) is 8.16. The Balaban J connectivity index is 1.86. The average Bonchev–Trinajstić information content (AvgIpc) is 3.04. The Bertz CT molecular complexity index is 805. The van der Waals surface area contributed by atoms with Crippen molar-refractivity contribution in [3.8, 4) is 0 Å².